The number of hydrazine groups is 1. The molecular formula is C30H55BN6O8S. The summed E-state index contributed by atoms with van der Waals surface area (Å²) in [5.41, 5.74) is 7.10. The number of nitro groups is 1. The Labute approximate surface area is 274 Å². The second-order valence-electron chi connectivity index (χ2n) is 14.4. The zero-order chi connectivity index (χ0) is 34.3. The van der Waals surface area contributed by atoms with Crippen LogP contribution in [0.15, 0.2) is 4.99 Å². The SMILES string of the molecule is CCS(=O)(=O)NCCCCCC(=O)C[C@@H](CCCN=C(N)N[N+](=O)[O-])C(=O)N[C@@H](CC(C)C)B1O[C@@H]2C[C@H]3C[C@H](C3(C)C)[C@]2(C)O1. The summed E-state index contributed by atoms with van der Waals surface area (Å²) in [6.07, 6.45) is 5.63. The molecular weight excluding hydrogens is 615 g/mol. The first-order valence-corrected chi connectivity index (χ1v) is 18.5. The minimum absolute atomic E-state index is 0.0217. The number of carbonyl (C=O) groups excluding carboxylic acids is 2. The van der Waals surface area contributed by atoms with Gasteiger partial charge in [-0.25, -0.2) is 28.2 Å². The van der Waals surface area contributed by atoms with Gasteiger partial charge in [-0.15, -0.1) is 0 Å². The average molecular weight is 671 g/mol. The van der Waals surface area contributed by atoms with Gasteiger partial charge in [-0.3, -0.25) is 9.59 Å². The Morgan fingerprint density at radius 2 is 1.87 bits per heavy atom. The highest BCUT2D eigenvalue weighted by Crippen LogP contribution is 2.65. The predicted molar refractivity (Wildman–Crippen MR) is 176 cm³/mol. The van der Waals surface area contributed by atoms with Crippen molar-refractivity contribution in [2.75, 3.05) is 18.8 Å². The molecule has 14 nitrogen and oxygen atoms in total. The van der Waals surface area contributed by atoms with Crippen LogP contribution in [0.1, 0.15) is 106 Å². The Hall–Kier alpha value is -2.30. The van der Waals surface area contributed by atoms with E-state index in [1.54, 1.807) is 12.3 Å². The fourth-order valence-electron chi connectivity index (χ4n) is 7.44. The van der Waals surface area contributed by atoms with Crippen LogP contribution in [0.2, 0.25) is 0 Å². The van der Waals surface area contributed by atoms with Gasteiger partial charge in [0, 0.05) is 31.8 Å². The lowest BCUT2D eigenvalue weighted by molar-refractivity contribution is -0.525. The van der Waals surface area contributed by atoms with Gasteiger partial charge in [0.25, 0.3) is 5.96 Å². The van der Waals surface area contributed by atoms with E-state index in [1.165, 1.54) is 0 Å². The van der Waals surface area contributed by atoms with Crippen LogP contribution >= 0.6 is 0 Å². The second-order valence-corrected chi connectivity index (χ2v) is 16.5. The van der Waals surface area contributed by atoms with Gasteiger partial charge < -0.3 is 20.4 Å². The molecule has 16 heteroatoms. The highest BCUT2D eigenvalue weighted by atomic mass is 32.2. The molecule has 1 aliphatic heterocycles. The van der Waals surface area contributed by atoms with Gasteiger partial charge in [0.2, 0.25) is 15.9 Å². The Morgan fingerprint density at radius 1 is 1.15 bits per heavy atom. The summed E-state index contributed by atoms with van der Waals surface area (Å²) in [4.78, 5) is 41.4. The van der Waals surface area contributed by atoms with Crippen molar-refractivity contribution in [2.24, 2.45) is 39.8 Å². The maximum Gasteiger partial charge on any atom is 0.481 e. The molecule has 0 aromatic heterocycles. The van der Waals surface area contributed by atoms with Crippen LogP contribution in [-0.2, 0) is 28.9 Å². The van der Waals surface area contributed by atoms with E-state index in [0.29, 0.717) is 56.9 Å². The molecule has 1 saturated heterocycles. The van der Waals surface area contributed by atoms with Gasteiger partial charge >= 0.3 is 7.12 Å². The number of hydrogen-bond donors (Lipinski definition) is 4. The first kappa shape index (κ1) is 38.2. The van der Waals surface area contributed by atoms with Gasteiger partial charge in [0.15, 0.2) is 5.03 Å². The largest absolute Gasteiger partial charge is 0.481 e. The lowest BCUT2D eigenvalue weighted by atomic mass is 9.43. The summed E-state index contributed by atoms with van der Waals surface area (Å²) < 4.78 is 38.9. The summed E-state index contributed by atoms with van der Waals surface area (Å²) >= 11 is 0. The predicted octanol–water partition coefficient (Wildman–Crippen LogP) is 2.74. The van der Waals surface area contributed by atoms with Crippen LogP contribution in [0.3, 0.4) is 0 Å². The molecule has 1 heterocycles. The molecule has 3 aliphatic carbocycles. The van der Waals surface area contributed by atoms with Crippen molar-refractivity contribution < 1.29 is 32.3 Å². The third-order valence-electron chi connectivity index (χ3n) is 10.2. The Balaban J connectivity index is 1.62. The number of nitrogens with one attached hydrogen (secondary N) is 3. The van der Waals surface area contributed by atoms with Crippen molar-refractivity contribution in [2.45, 2.75) is 123 Å². The van der Waals surface area contributed by atoms with Crippen molar-refractivity contribution in [1.29, 1.82) is 0 Å². The van der Waals surface area contributed by atoms with E-state index in [0.717, 1.165) is 12.8 Å². The van der Waals surface area contributed by atoms with E-state index in [4.69, 9.17) is 15.0 Å². The van der Waals surface area contributed by atoms with Crippen molar-refractivity contribution in [3.8, 4) is 0 Å². The highest BCUT2D eigenvalue weighted by molar-refractivity contribution is 7.89. The number of unbranched alkanes of at least 4 members (excludes halogenated alkanes) is 2. The Morgan fingerprint density at radius 3 is 2.50 bits per heavy atom. The number of aliphatic imine (C=N–C) groups is 1. The van der Waals surface area contributed by atoms with Crippen molar-refractivity contribution in [3.63, 3.8) is 0 Å². The van der Waals surface area contributed by atoms with E-state index in [-0.39, 0.29) is 60.2 Å². The van der Waals surface area contributed by atoms with E-state index in [2.05, 4.69) is 49.6 Å². The number of Topliss-reactive ketones (excluding diaryl/α,β-unsaturated/α-hetero) is 1. The molecule has 3 saturated carbocycles. The fourth-order valence-corrected chi connectivity index (χ4v) is 8.10. The minimum Gasteiger partial charge on any atom is -0.404 e. The van der Waals surface area contributed by atoms with Gasteiger partial charge in [0.1, 0.15) is 5.78 Å². The number of carbonyl (C=O) groups is 2. The maximum absolute atomic E-state index is 13.8. The number of nitrogens with zero attached hydrogens (tertiary/aromatic N) is 2. The molecule has 6 atom stereocenters. The summed E-state index contributed by atoms with van der Waals surface area (Å²) in [5, 5.41) is 13.0. The Kier molecular flexibility index (Phi) is 13.4. The second kappa shape index (κ2) is 16.2. The molecule has 0 aromatic carbocycles. The number of guanidine groups is 1. The van der Waals surface area contributed by atoms with Crippen LogP contribution in [0, 0.1) is 39.2 Å². The van der Waals surface area contributed by atoms with E-state index in [9.17, 15) is 28.1 Å². The molecule has 4 rings (SSSR count). The standard InChI is InChI=1S/C30H55BN6O8S/c1-7-46(42,43)34-15-10-8-9-13-23(38)17-21(12-11-14-33-28(32)36-37(40)41)27(39)35-26(16-20(2)3)31-44-25-19-22-18-24(29(22,4)5)30(25,6)45-31/h20-22,24-26,34H,7-19H2,1-6H3,(H,35,39)(H3,32,33,36)/t21-,22-,24-,25-,26+,30+/m1/s1. The minimum atomic E-state index is -3.24. The molecule has 262 valence electrons. The van der Waals surface area contributed by atoms with Crippen LogP contribution in [0.5, 0.6) is 0 Å². The van der Waals surface area contributed by atoms with Gasteiger partial charge in [-0.05, 0) is 82.0 Å². The molecule has 5 N–H and O–H groups in total. The first-order chi connectivity index (χ1) is 21.5. The topological polar surface area (TPSA) is 204 Å². The molecule has 4 fully saturated rings. The normalized spacial score (nSPS) is 26.6. The van der Waals surface area contributed by atoms with Crippen LogP contribution in [0.25, 0.3) is 0 Å². The van der Waals surface area contributed by atoms with Crippen LogP contribution < -0.4 is 21.2 Å². The molecule has 2 bridgehead atoms. The molecule has 0 radical (unpaired) electrons. The molecule has 0 spiro atoms. The quantitative estimate of drug-likeness (QED) is 0.0372. The maximum atomic E-state index is 13.8. The fraction of sp³-hybridized carbons (Fsp3) is 0.900. The first-order valence-electron chi connectivity index (χ1n) is 16.8. The molecule has 1 amide bonds. The average Bonchev–Trinajstić information content (AvgIpc) is 3.32. The highest BCUT2D eigenvalue weighted by Gasteiger charge is 2.68. The number of nitrogens with two attached hydrogens (primary N) is 1. The van der Waals surface area contributed by atoms with Crippen LogP contribution in [0.4, 0.5) is 0 Å². The smallest absolute Gasteiger partial charge is 0.404 e. The number of amides is 1. The monoisotopic (exact) mass is 670 g/mol. The third kappa shape index (κ3) is 10.1. The van der Waals surface area contributed by atoms with Crippen molar-refractivity contribution in [3.05, 3.63) is 10.1 Å². The number of hydrogen-bond acceptors (Lipinski definition) is 9. The molecule has 0 aromatic rings. The van der Waals surface area contributed by atoms with Gasteiger partial charge in [0.05, 0.1) is 23.4 Å². The zero-order valence-corrected chi connectivity index (χ0v) is 29.2. The van der Waals surface area contributed by atoms with E-state index >= 15 is 0 Å². The van der Waals surface area contributed by atoms with E-state index in [1.807, 2.05) is 0 Å². The lowest BCUT2D eigenvalue weighted by Gasteiger charge is -2.64. The van der Waals surface area contributed by atoms with E-state index < -0.39 is 39.6 Å². The van der Waals surface area contributed by atoms with Gasteiger partial charge in [-0.1, -0.05) is 39.5 Å². The number of sulfonamides is 1. The Bertz CT molecular complexity index is 1220. The number of rotatable bonds is 20. The zero-order valence-electron chi connectivity index (χ0n) is 28.4. The summed E-state index contributed by atoms with van der Waals surface area (Å²) in [5.74, 6) is -0.398. The molecule has 0 unspecified atom stereocenters. The van der Waals surface area contributed by atoms with Gasteiger partial charge in [-0.2, -0.15) is 0 Å². The lowest BCUT2D eigenvalue weighted by Crippen LogP contribution is -2.65. The van der Waals surface area contributed by atoms with Crippen molar-refractivity contribution >= 4 is 34.8 Å². The molecule has 4 aliphatic rings. The summed E-state index contributed by atoms with van der Waals surface area (Å²) in [6.45, 7) is 13.0. The van der Waals surface area contributed by atoms with Crippen molar-refractivity contribution in [1.82, 2.24) is 15.5 Å². The summed E-state index contributed by atoms with van der Waals surface area (Å²) in [6, 6.07) is 0. The molecule has 46 heavy (non-hydrogen) atoms. The number of ketones is 1. The summed E-state index contributed by atoms with van der Waals surface area (Å²) in [7, 11) is -3.83. The van der Waals surface area contributed by atoms with Crippen LogP contribution in [-0.4, -0.2) is 74.7 Å². The third-order valence-corrected chi connectivity index (χ3v) is 11.6.